The van der Waals surface area contributed by atoms with Crippen molar-refractivity contribution in [3.63, 3.8) is 0 Å². The van der Waals surface area contributed by atoms with E-state index >= 15 is 0 Å². The number of alkyl halides is 6. The van der Waals surface area contributed by atoms with Gasteiger partial charge >= 0.3 is 43.6 Å². The van der Waals surface area contributed by atoms with Crippen LogP contribution in [0.3, 0.4) is 0 Å². The minimum Gasteiger partial charge on any atom is -0.475 e. The Kier molecular flexibility index (Phi) is 15.8. The summed E-state index contributed by atoms with van der Waals surface area (Å²) in [6.45, 7) is 0. The lowest BCUT2D eigenvalue weighted by Gasteiger charge is -1.93. The van der Waals surface area contributed by atoms with E-state index in [2.05, 4.69) is 0 Å². The van der Waals surface area contributed by atoms with Gasteiger partial charge in [0.2, 0.25) is 0 Å². The van der Waals surface area contributed by atoms with Gasteiger partial charge < -0.3 is 35.5 Å². The molecule has 0 rings (SSSR count). The van der Waals surface area contributed by atoms with Gasteiger partial charge in [0.15, 0.2) is 0 Å². The maximum atomic E-state index is 10.6. The van der Waals surface area contributed by atoms with Crippen LogP contribution in [0.1, 0.15) is 0 Å². The fourth-order valence-electron chi connectivity index (χ4n) is 0. The molecule has 0 unspecified atom stereocenters. The van der Waals surface area contributed by atoms with Gasteiger partial charge in [-0.15, -0.1) is 0 Å². The van der Waals surface area contributed by atoms with Crippen LogP contribution in [0.15, 0.2) is 0 Å². The quantitative estimate of drug-likeness (QED) is 0.144. The summed E-state index contributed by atoms with van der Waals surface area (Å²) in [6, 6.07) is 0. The largest absolute Gasteiger partial charge is 0.631 e. The maximum absolute atomic E-state index is 10.6. The normalized spacial score (nSPS) is 9.54. The Morgan fingerprint density at radius 1 is 0.583 bits per heavy atom. The topological polar surface area (TPSA) is 210 Å². The smallest absolute Gasteiger partial charge is 0.475 e. The highest BCUT2D eigenvalue weighted by molar-refractivity contribution is 6.30. The molecule has 0 atom stereocenters. The molecule has 0 aromatic carbocycles. The molecule has 0 aromatic heterocycles. The van der Waals surface area contributed by atoms with Gasteiger partial charge in [-0.2, -0.15) is 26.3 Å². The second-order valence-electron chi connectivity index (χ2n) is 2.56. The number of hydrogen-bond acceptors (Lipinski definition) is 7. The van der Waals surface area contributed by atoms with Gasteiger partial charge in [0.25, 0.3) is 0 Å². The summed E-state index contributed by atoms with van der Waals surface area (Å²) in [4.78, 5) is 36.0. The zero-order chi connectivity index (χ0) is 20.9. The number of carboxylic acid groups (broad SMARTS) is 4. The summed E-state index contributed by atoms with van der Waals surface area (Å²) in [5.41, 5.74) is 0. The standard InChI is InChI=1S/2C2HF3O2.C2H2O4.BH3O3/c2*3-2(4,5)1(6)7;3-1(4)2(5)6;2-1(3)4/h2*(H,6,7);(H,3,4)(H,5,6);2-4H. The number of halogens is 6. The Morgan fingerprint density at radius 2 is 0.667 bits per heavy atom. The van der Waals surface area contributed by atoms with E-state index in [1.165, 1.54) is 0 Å². The van der Waals surface area contributed by atoms with Crippen molar-refractivity contribution in [1.29, 1.82) is 0 Å². The zero-order valence-electron chi connectivity index (χ0n) is 10.6. The summed E-state index contributed by atoms with van der Waals surface area (Å²) in [7, 11) is -2.17. The molecule has 11 nitrogen and oxygen atoms in total. The second kappa shape index (κ2) is 12.9. The van der Waals surface area contributed by atoms with Crippen LogP contribution in [-0.4, -0.2) is 79.0 Å². The lowest BCUT2D eigenvalue weighted by Crippen LogP contribution is -2.21. The molecular weight excluding hydrogens is 373 g/mol. The number of carboxylic acids is 4. The van der Waals surface area contributed by atoms with Crippen LogP contribution in [0.5, 0.6) is 0 Å². The number of carbonyl (C=O) groups is 4. The van der Waals surface area contributed by atoms with Gasteiger partial charge in [-0.05, 0) is 0 Å². The molecule has 7 N–H and O–H groups in total. The van der Waals surface area contributed by atoms with E-state index in [4.69, 9.17) is 54.7 Å². The van der Waals surface area contributed by atoms with Crippen LogP contribution in [0, 0.1) is 0 Å². The molecule has 0 aliphatic rings. The minimum absolute atomic E-state index is 1.82. The first kappa shape index (κ1) is 29.4. The van der Waals surface area contributed by atoms with Crippen molar-refractivity contribution in [2.45, 2.75) is 12.4 Å². The molecule has 0 spiro atoms. The van der Waals surface area contributed by atoms with Crippen LogP contribution in [0.25, 0.3) is 0 Å². The van der Waals surface area contributed by atoms with Crippen LogP contribution < -0.4 is 0 Å². The fraction of sp³-hybridized carbons (Fsp3) is 0.333. The average molecular weight is 380 g/mol. The second-order valence-corrected chi connectivity index (χ2v) is 2.56. The maximum Gasteiger partial charge on any atom is 0.631 e. The van der Waals surface area contributed by atoms with E-state index in [1.807, 2.05) is 0 Å². The van der Waals surface area contributed by atoms with E-state index < -0.39 is 43.6 Å². The summed E-state index contributed by atoms with van der Waals surface area (Å²) in [6.07, 6.45) is -10.2. The molecular formula is C6H7BF6O11. The Hall–Kier alpha value is -2.60. The Bertz CT molecular complexity index is 377. The summed E-state index contributed by atoms with van der Waals surface area (Å²) in [5, 5.41) is 50.5. The molecule has 0 heterocycles. The molecule has 0 aliphatic heterocycles. The zero-order valence-corrected chi connectivity index (χ0v) is 10.6. The Morgan fingerprint density at radius 3 is 0.667 bits per heavy atom. The highest BCUT2D eigenvalue weighted by Gasteiger charge is 2.38. The predicted molar refractivity (Wildman–Crippen MR) is 55.1 cm³/mol. The fourth-order valence-corrected chi connectivity index (χ4v) is 0. The van der Waals surface area contributed by atoms with E-state index in [0.29, 0.717) is 0 Å². The third-order valence-corrected chi connectivity index (χ3v) is 0.668. The Labute approximate surface area is 126 Å². The molecule has 0 amide bonds. The molecule has 0 fully saturated rings. The molecule has 0 aromatic rings. The third-order valence-electron chi connectivity index (χ3n) is 0.668. The lowest BCUT2D eigenvalue weighted by atomic mass is 10.3. The molecule has 0 saturated carbocycles. The summed E-state index contributed by atoms with van der Waals surface area (Å²) >= 11 is 0. The number of aliphatic carboxylic acids is 4. The van der Waals surface area contributed by atoms with Crippen molar-refractivity contribution in [3.05, 3.63) is 0 Å². The van der Waals surface area contributed by atoms with Crippen LogP contribution in [0.4, 0.5) is 26.3 Å². The lowest BCUT2D eigenvalue weighted by molar-refractivity contribution is -0.193. The highest BCUT2D eigenvalue weighted by Crippen LogP contribution is 2.13. The van der Waals surface area contributed by atoms with Crippen LogP contribution in [0.2, 0.25) is 0 Å². The summed E-state index contributed by atoms with van der Waals surface area (Å²) < 4.78 is 63.5. The monoisotopic (exact) mass is 380 g/mol. The number of hydrogen-bond donors (Lipinski definition) is 7. The van der Waals surface area contributed by atoms with Gasteiger partial charge in [0.05, 0.1) is 0 Å². The Balaban J connectivity index is -0.000000113. The van der Waals surface area contributed by atoms with Crippen LogP contribution >= 0.6 is 0 Å². The van der Waals surface area contributed by atoms with E-state index in [0.717, 1.165) is 0 Å². The molecule has 18 heteroatoms. The van der Waals surface area contributed by atoms with Gasteiger partial charge in [-0.25, -0.2) is 19.2 Å². The van der Waals surface area contributed by atoms with E-state index in [9.17, 15) is 26.3 Å². The predicted octanol–water partition coefficient (Wildman–Crippen LogP) is -1.63. The van der Waals surface area contributed by atoms with E-state index in [-0.39, 0.29) is 0 Å². The van der Waals surface area contributed by atoms with Crippen molar-refractivity contribution in [2.24, 2.45) is 0 Å². The highest BCUT2D eigenvalue weighted by atomic mass is 19.4. The first-order chi connectivity index (χ1) is 10.3. The summed E-state index contributed by atoms with van der Waals surface area (Å²) in [5.74, 6) is -9.16. The minimum atomic E-state index is -5.08. The van der Waals surface area contributed by atoms with Crippen molar-refractivity contribution >= 4 is 31.2 Å². The SMILES string of the molecule is O=C(O)C(=O)O.O=C(O)C(F)(F)F.O=C(O)C(F)(F)F.OB(O)O. The molecule has 0 aliphatic carbocycles. The van der Waals surface area contributed by atoms with Crippen molar-refractivity contribution in [3.8, 4) is 0 Å². The van der Waals surface area contributed by atoms with E-state index in [1.54, 1.807) is 0 Å². The van der Waals surface area contributed by atoms with Crippen molar-refractivity contribution in [2.75, 3.05) is 0 Å². The first-order valence-corrected chi connectivity index (χ1v) is 4.37. The molecule has 24 heavy (non-hydrogen) atoms. The molecule has 142 valence electrons. The molecule has 0 bridgehead atoms. The molecule has 0 radical (unpaired) electrons. The molecule has 0 saturated heterocycles. The average Bonchev–Trinajstić information content (AvgIpc) is 2.26. The van der Waals surface area contributed by atoms with Gasteiger partial charge in [-0.3, -0.25) is 0 Å². The van der Waals surface area contributed by atoms with Crippen molar-refractivity contribution < 1.29 is 81.0 Å². The van der Waals surface area contributed by atoms with Gasteiger partial charge in [0.1, 0.15) is 0 Å². The van der Waals surface area contributed by atoms with Gasteiger partial charge in [0, 0.05) is 0 Å². The van der Waals surface area contributed by atoms with Crippen molar-refractivity contribution in [1.82, 2.24) is 0 Å². The first-order valence-electron chi connectivity index (χ1n) is 4.37. The number of rotatable bonds is 0. The van der Waals surface area contributed by atoms with Crippen LogP contribution in [-0.2, 0) is 19.2 Å². The van der Waals surface area contributed by atoms with Gasteiger partial charge in [-0.1, -0.05) is 0 Å². The third kappa shape index (κ3) is 36.6.